The van der Waals surface area contributed by atoms with Crippen molar-refractivity contribution in [2.45, 2.75) is 6.92 Å². The maximum atomic E-state index is 5.36. The second-order valence-electron chi connectivity index (χ2n) is 3.32. The smallest absolute Gasteiger partial charge is 0.261 e. The SMILES string of the molecule is C=C(C)c1ccc(-c2nc(N)no2)cc1. The molecule has 0 aliphatic carbocycles. The maximum Gasteiger partial charge on any atom is 0.261 e. The topological polar surface area (TPSA) is 64.9 Å². The zero-order valence-corrected chi connectivity index (χ0v) is 8.40. The van der Waals surface area contributed by atoms with Crippen LogP contribution in [-0.2, 0) is 0 Å². The van der Waals surface area contributed by atoms with Gasteiger partial charge < -0.3 is 10.3 Å². The van der Waals surface area contributed by atoms with Gasteiger partial charge >= 0.3 is 0 Å². The molecule has 0 radical (unpaired) electrons. The van der Waals surface area contributed by atoms with Crippen LogP contribution in [0.3, 0.4) is 0 Å². The Hall–Kier alpha value is -2.10. The van der Waals surface area contributed by atoms with Gasteiger partial charge in [0.15, 0.2) is 0 Å². The van der Waals surface area contributed by atoms with E-state index in [-0.39, 0.29) is 5.95 Å². The summed E-state index contributed by atoms with van der Waals surface area (Å²) in [5.74, 6) is 0.578. The fourth-order valence-corrected chi connectivity index (χ4v) is 1.25. The van der Waals surface area contributed by atoms with E-state index < -0.39 is 0 Å². The van der Waals surface area contributed by atoms with Gasteiger partial charge in [-0.25, -0.2) is 0 Å². The number of benzene rings is 1. The van der Waals surface area contributed by atoms with E-state index in [0.717, 1.165) is 16.7 Å². The van der Waals surface area contributed by atoms with E-state index in [1.54, 1.807) is 0 Å². The van der Waals surface area contributed by atoms with Gasteiger partial charge in [0, 0.05) is 5.56 Å². The Morgan fingerprint density at radius 3 is 2.47 bits per heavy atom. The lowest BCUT2D eigenvalue weighted by molar-refractivity contribution is 0.433. The zero-order chi connectivity index (χ0) is 10.8. The summed E-state index contributed by atoms with van der Waals surface area (Å²) in [5, 5.41) is 3.52. The zero-order valence-electron chi connectivity index (χ0n) is 8.40. The summed E-state index contributed by atoms with van der Waals surface area (Å²) >= 11 is 0. The van der Waals surface area contributed by atoms with Crippen LogP contribution in [0.1, 0.15) is 12.5 Å². The van der Waals surface area contributed by atoms with Gasteiger partial charge in [-0.15, -0.1) is 0 Å². The van der Waals surface area contributed by atoms with Gasteiger partial charge in [-0.05, 0) is 29.8 Å². The number of aromatic nitrogens is 2. The summed E-state index contributed by atoms with van der Waals surface area (Å²) in [6.07, 6.45) is 0. The predicted molar refractivity (Wildman–Crippen MR) is 58.9 cm³/mol. The third-order valence-electron chi connectivity index (χ3n) is 2.07. The van der Waals surface area contributed by atoms with Crippen LogP contribution in [0.25, 0.3) is 17.0 Å². The molecule has 2 aromatic rings. The number of allylic oxidation sites excluding steroid dienone is 1. The first-order chi connectivity index (χ1) is 7.16. The lowest BCUT2D eigenvalue weighted by atomic mass is 10.1. The average molecular weight is 201 g/mol. The van der Waals surface area contributed by atoms with E-state index in [9.17, 15) is 0 Å². The molecule has 15 heavy (non-hydrogen) atoms. The normalized spacial score (nSPS) is 10.2. The number of nitrogen functional groups attached to an aromatic ring is 1. The van der Waals surface area contributed by atoms with E-state index in [1.165, 1.54) is 0 Å². The molecule has 0 unspecified atom stereocenters. The minimum atomic E-state index is 0.147. The molecule has 1 heterocycles. The molecule has 0 spiro atoms. The monoisotopic (exact) mass is 201 g/mol. The Labute approximate surface area is 87.4 Å². The van der Waals surface area contributed by atoms with Crippen LogP contribution in [0, 0.1) is 0 Å². The standard InChI is InChI=1S/C11H11N3O/c1-7(2)8-3-5-9(6-4-8)10-13-11(12)14-15-10/h3-6H,1H2,2H3,(H2,12,14). The minimum Gasteiger partial charge on any atom is -0.365 e. The minimum absolute atomic E-state index is 0.147. The van der Waals surface area contributed by atoms with Crippen molar-refractivity contribution in [3.05, 3.63) is 36.4 Å². The second-order valence-corrected chi connectivity index (χ2v) is 3.32. The highest BCUT2D eigenvalue weighted by Crippen LogP contribution is 2.20. The van der Waals surface area contributed by atoms with Gasteiger partial charge in [0.25, 0.3) is 11.8 Å². The van der Waals surface area contributed by atoms with Crippen molar-refractivity contribution in [1.82, 2.24) is 10.1 Å². The Bertz CT molecular complexity index is 485. The molecule has 0 amide bonds. The van der Waals surface area contributed by atoms with Gasteiger partial charge in [-0.3, -0.25) is 0 Å². The molecule has 0 saturated carbocycles. The fraction of sp³-hybridized carbons (Fsp3) is 0.0909. The largest absolute Gasteiger partial charge is 0.365 e. The first kappa shape index (κ1) is 9.45. The summed E-state index contributed by atoms with van der Waals surface area (Å²) in [4.78, 5) is 3.93. The number of hydrogen-bond acceptors (Lipinski definition) is 4. The summed E-state index contributed by atoms with van der Waals surface area (Å²) in [7, 11) is 0. The fourth-order valence-electron chi connectivity index (χ4n) is 1.25. The summed E-state index contributed by atoms with van der Waals surface area (Å²) < 4.78 is 4.94. The predicted octanol–water partition coefficient (Wildman–Crippen LogP) is 2.35. The van der Waals surface area contributed by atoms with Crippen molar-refractivity contribution in [3.8, 4) is 11.5 Å². The first-order valence-electron chi connectivity index (χ1n) is 4.52. The number of nitrogens with two attached hydrogens (primary N) is 1. The van der Waals surface area contributed by atoms with E-state index in [4.69, 9.17) is 10.3 Å². The highest BCUT2D eigenvalue weighted by molar-refractivity contribution is 5.65. The molecule has 0 atom stereocenters. The van der Waals surface area contributed by atoms with Crippen molar-refractivity contribution < 1.29 is 4.52 Å². The van der Waals surface area contributed by atoms with Gasteiger partial charge in [-0.1, -0.05) is 24.3 Å². The van der Waals surface area contributed by atoms with Crippen molar-refractivity contribution in [1.29, 1.82) is 0 Å². The van der Waals surface area contributed by atoms with Crippen LogP contribution >= 0.6 is 0 Å². The highest BCUT2D eigenvalue weighted by atomic mass is 16.5. The van der Waals surface area contributed by atoms with Gasteiger partial charge in [-0.2, -0.15) is 4.98 Å². The molecule has 1 aromatic heterocycles. The van der Waals surface area contributed by atoms with Crippen molar-refractivity contribution in [2.75, 3.05) is 5.73 Å². The van der Waals surface area contributed by atoms with Crippen molar-refractivity contribution in [3.63, 3.8) is 0 Å². The second kappa shape index (κ2) is 3.57. The Morgan fingerprint density at radius 1 is 1.33 bits per heavy atom. The van der Waals surface area contributed by atoms with E-state index in [1.807, 2.05) is 31.2 Å². The average Bonchev–Trinajstić information content (AvgIpc) is 2.65. The number of nitrogens with zero attached hydrogens (tertiary/aromatic N) is 2. The van der Waals surface area contributed by atoms with Gasteiger partial charge in [0.05, 0.1) is 0 Å². The van der Waals surface area contributed by atoms with Crippen LogP contribution in [0.4, 0.5) is 5.95 Å². The molecule has 0 bridgehead atoms. The first-order valence-corrected chi connectivity index (χ1v) is 4.52. The summed E-state index contributed by atoms with van der Waals surface area (Å²) in [6.45, 7) is 5.82. The highest BCUT2D eigenvalue weighted by Gasteiger charge is 2.05. The van der Waals surface area contributed by atoms with Gasteiger partial charge in [0.1, 0.15) is 0 Å². The lowest BCUT2D eigenvalue weighted by Gasteiger charge is -1.99. The molecule has 0 aliphatic heterocycles. The van der Waals surface area contributed by atoms with Crippen LogP contribution in [0.15, 0.2) is 35.4 Å². The Morgan fingerprint density at radius 2 is 2.00 bits per heavy atom. The molecule has 2 rings (SSSR count). The van der Waals surface area contributed by atoms with E-state index in [2.05, 4.69) is 16.7 Å². The van der Waals surface area contributed by atoms with Gasteiger partial charge in [0.2, 0.25) is 0 Å². The molecule has 0 saturated heterocycles. The molecule has 4 nitrogen and oxygen atoms in total. The summed E-state index contributed by atoms with van der Waals surface area (Å²) in [6, 6.07) is 7.71. The number of anilines is 1. The Kier molecular flexibility index (Phi) is 2.25. The van der Waals surface area contributed by atoms with E-state index in [0.29, 0.717) is 5.89 Å². The maximum absolute atomic E-state index is 5.36. The Balaban J connectivity index is 2.35. The molecular formula is C11H11N3O. The van der Waals surface area contributed by atoms with E-state index >= 15 is 0 Å². The van der Waals surface area contributed by atoms with Crippen LogP contribution in [0.5, 0.6) is 0 Å². The van der Waals surface area contributed by atoms with Crippen LogP contribution in [0.2, 0.25) is 0 Å². The van der Waals surface area contributed by atoms with Crippen LogP contribution < -0.4 is 5.73 Å². The molecule has 1 aromatic carbocycles. The molecule has 2 N–H and O–H groups in total. The molecule has 0 aliphatic rings. The van der Waals surface area contributed by atoms with Crippen molar-refractivity contribution >= 4 is 11.5 Å². The molecular weight excluding hydrogens is 190 g/mol. The number of rotatable bonds is 2. The molecule has 0 fully saturated rings. The molecule has 4 heteroatoms. The quantitative estimate of drug-likeness (QED) is 0.809. The summed E-state index contributed by atoms with van der Waals surface area (Å²) in [5.41, 5.74) is 8.32. The third kappa shape index (κ3) is 1.88. The third-order valence-corrected chi connectivity index (χ3v) is 2.07. The number of hydrogen-bond donors (Lipinski definition) is 1. The van der Waals surface area contributed by atoms with Crippen LogP contribution in [-0.4, -0.2) is 10.1 Å². The van der Waals surface area contributed by atoms with Crippen molar-refractivity contribution in [2.24, 2.45) is 0 Å². The molecule has 76 valence electrons. The lowest BCUT2D eigenvalue weighted by Crippen LogP contribution is -1.85.